The minimum Gasteiger partial charge on any atom is -0.465 e. The Morgan fingerprint density at radius 3 is 2.56 bits per heavy atom. The smallest absolute Gasteiger partial charge is 0.312 e. The van der Waals surface area contributed by atoms with Gasteiger partial charge in [-0.3, -0.25) is 4.79 Å². The van der Waals surface area contributed by atoms with E-state index in [2.05, 4.69) is 0 Å². The number of ether oxygens (including phenoxy) is 1. The highest BCUT2D eigenvalue weighted by Crippen LogP contribution is 2.64. The average molecular weight is 367 g/mol. The summed E-state index contributed by atoms with van der Waals surface area (Å²) >= 11 is 6.89. The highest BCUT2D eigenvalue weighted by Gasteiger charge is 2.61. The van der Waals surface area contributed by atoms with E-state index in [1.165, 1.54) is 51.6 Å². The molecule has 0 aromatic rings. The lowest BCUT2D eigenvalue weighted by atomic mass is 9.49. The molecule has 0 aromatic heterocycles. The molecule has 0 amide bonds. The van der Waals surface area contributed by atoms with Gasteiger partial charge >= 0.3 is 5.97 Å². The molecule has 0 radical (unpaired) electrons. The van der Waals surface area contributed by atoms with E-state index in [-0.39, 0.29) is 16.3 Å². The lowest BCUT2D eigenvalue weighted by Crippen LogP contribution is -3.18. The molecule has 2 heterocycles. The number of halogens is 1. The first-order chi connectivity index (χ1) is 12.1. The lowest BCUT2D eigenvalue weighted by molar-refractivity contribution is -0.940. The van der Waals surface area contributed by atoms with E-state index in [0.29, 0.717) is 24.4 Å². The van der Waals surface area contributed by atoms with Crippen molar-refractivity contribution in [2.75, 3.05) is 19.7 Å². The van der Waals surface area contributed by atoms with Gasteiger partial charge in [0.2, 0.25) is 0 Å². The van der Waals surface area contributed by atoms with E-state index in [9.17, 15) is 4.79 Å². The molecule has 2 saturated heterocycles. The van der Waals surface area contributed by atoms with Crippen LogP contribution >= 0.6 is 11.6 Å². The van der Waals surface area contributed by atoms with E-state index in [0.717, 1.165) is 38.1 Å². The number of alkyl halides is 1. The first-order valence-electron chi connectivity index (χ1n) is 10.8. The van der Waals surface area contributed by atoms with Crippen molar-refractivity contribution < 1.29 is 14.4 Å². The van der Waals surface area contributed by atoms with Gasteiger partial charge in [-0.05, 0) is 82.5 Å². The topological polar surface area (TPSA) is 30.7 Å². The molecule has 3 unspecified atom stereocenters. The Bertz CT molecular complexity index is 534. The number of carbonyl (C=O) groups is 1. The molecule has 7 atom stereocenters. The molecule has 3 nitrogen and oxygen atoms in total. The van der Waals surface area contributed by atoms with Gasteiger partial charge in [0.25, 0.3) is 0 Å². The molecular weight excluding hydrogens is 334 g/mol. The quantitative estimate of drug-likeness (QED) is 0.615. The molecule has 6 rings (SSSR count). The van der Waals surface area contributed by atoms with Crippen LogP contribution in [0.5, 0.6) is 0 Å². The van der Waals surface area contributed by atoms with E-state index in [1.807, 2.05) is 0 Å². The van der Waals surface area contributed by atoms with Crippen LogP contribution in [-0.4, -0.2) is 36.6 Å². The van der Waals surface area contributed by atoms with Gasteiger partial charge in [-0.15, -0.1) is 11.6 Å². The molecule has 1 N–H and O–H groups in total. The third-order valence-electron chi connectivity index (χ3n) is 8.28. The molecular formula is C21H33ClNO2+. The van der Waals surface area contributed by atoms with Crippen molar-refractivity contribution in [2.45, 2.75) is 81.5 Å². The Morgan fingerprint density at radius 2 is 1.80 bits per heavy atom. The Hall–Kier alpha value is -0.280. The summed E-state index contributed by atoms with van der Waals surface area (Å²) < 4.78 is 6.05. The highest BCUT2D eigenvalue weighted by atomic mass is 35.5. The maximum absolute atomic E-state index is 13.2. The van der Waals surface area contributed by atoms with Crippen molar-refractivity contribution in [1.82, 2.24) is 0 Å². The lowest BCUT2D eigenvalue weighted by Gasteiger charge is -2.58. The Kier molecular flexibility index (Phi) is 4.13. The van der Waals surface area contributed by atoms with Gasteiger partial charge < -0.3 is 9.64 Å². The summed E-state index contributed by atoms with van der Waals surface area (Å²) in [6.45, 7) is 3.33. The normalized spacial score (nSPS) is 51.2. The number of nitrogens with one attached hydrogen (secondary N) is 1. The second kappa shape index (κ2) is 6.12. The van der Waals surface area contributed by atoms with E-state index in [1.54, 1.807) is 4.90 Å². The maximum atomic E-state index is 13.2. The van der Waals surface area contributed by atoms with Crippen molar-refractivity contribution >= 4 is 17.6 Å². The third kappa shape index (κ3) is 2.94. The van der Waals surface area contributed by atoms with Gasteiger partial charge in [0.15, 0.2) is 0 Å². The second-order valence-electron chi connectivity index (χ2n) is 10.2. The zero-order valence-electron chi connectivity index (χ0n) is 15.4. The largest absolute Gasteiger partial charge is 0.465 e. The zero-order chi connectivity index (χ0) is 17.1. The van der Waals surface area contributed by atoms with Gasteiger partial charge in [-0.2, -0.15) is 0 Å². The number of rotatable bonds is 3. The molecule has 2 aliphatic heterocycles. The molecule has 6 aliphatic rings. The summed E-state index contributed by atoms with van der Waals surface area (Å²) in [5, 5.41) is 0. The van der Waals surface area contributed by atoms with Gasteiger partial charge in [0.05, 0.1) is 31.2 Å². The molecule has 4 heteroatoms. The molecule has 4 aliphatic carbocycles. The van der Waals surface area contributed by atoms with Crippen LogP contribution in [0.1, 0.15) is 70.6 Å². The van der Waals surface area contributed by atoms with Gasteiger partial charge in [-0.25, -0.2) is 0 Å². The summed E-state index contributed by atoms with van der Waals surface area (Å²) in [6.07, 6.45) is 13.1. The van der Waals surface area contributed by atoms with E-state index < -0.39 is 0 Å². The van der Waals surface area contributed by atoms with Crippen LogP contribution in [-0.2, 0) is 9.53 Å². The minimum atomic E-state index is -0.236. The van der Waals surface area contributed by atoms with Crippen molar-refractivity contribution in [3.8, 4) is 0 Å². The molecule has 25 heavy (non-hydrogen) atoms. The Labute approximate surface area is 156 Å². The SMILES string of the molecule is O=C(OC[C@H]1CCC[NH+]2CCCC[C@@H]12)C12C[C@@H]3C[C@@H](CC(Cl)(C3)C1)C2. The number of hydrogen-bond donors (Lipinski definition) is 1. The monoisotopic (exact) mass is 366 g/mol. The van der Waals surface area contributed by atoms with Gasteiger partial charge in [-0.1, -0.05) is 0 Å². The summed E-state index contributed by atoms with van der Waals surface area (Å²) in [7, 11) is 0. The van der Waals surface area contributed by atoms with E-state index in [4.69, 9.17) is 16.3 Å². The van der Waals surface area contributed by atoms with Crippen LogP contribution in [0.15, 0.2) is 0 Å². The molecule has 140 valence electrons. The van der Waals surface area contributed by atoms with Crippen molar-refractivity contribution in [2.24, 2.45) is 23.2 Å². The van der Waals surface area contributed by atoms with Crippen LogP contribution < -0.4 is 4.90 Å². The van der Waals surface area contributed by atoms with Crippen molar-refractivity contribution in [3.63, 3.8) is 0 Å². The van der Waals surface area contributed by atoms with Crippen LogP contribution in [0.2, 0.25) is 0 Å². The Balaban J connectivity index is 1.25. The molecule has 0 aromatic carbocycles. The predicted octanol–water partition coefficient (Wildman–Crippen LogP) is 2.95. The fourth-order valence-corrected chi connectivity index (χ4v) is 8.39. The fraction of sp³-hybridized carbons (Fsp3) is 0.952. The number of hydrogen-bond acceptors (Lipinski definition) is 2. The highest BCUT2D eigenvalue weighted by molar-refractivity contribution is 6.24. The molecule has 4 bridgehead atoms. The summed E-state index contributed by atoms with van der Waals surface area (Å²) in [5.74, 6) is 2.03. The molecule has 4 saturated carbocycles. The maximum Gasteiger partial charge on any atom is 0.312 e. The van der Waals surface area contributed by atoms with Crippen molar-refractivity contribution in [3.05, 3.63) is 0 Å². The minimum absolute atomic E-state index is 0.0989. The third-order valence-corrected chi connectivity index (χ3v) is 8.72. The summed E-state index contributed by atoms with van der Waals surface area (Å²) in [5.41, 5.74) is -0.236. The van der Waals surface area contributed by atoms with E-state index >= 15 is 0 Å². The number of esters is 1. The summed E-state index contributed by atoms with van der Waals surface area (Å²) in [6, 6.07) is 0.742. The second-order valence-corrected chi connectivity index (χ2v) is 11.0. The predicted molar refractivity (Wildman–Crippen MR) is 97.7 cm³/mol. The van der Waals surface area contributed by atoms with Gasteiger partial charge in [0.1, 0.15) is 0 Å². The number of fused-ring (bicyclic) bond motifs is 1. The van der Waals surface area contributed by atoms with Crippen molar-refractivity contribution in [1.29, 1.82) is 0 Å². The standard InChI is InChI=1S/C21H32ClNO2/c22-21-11-15-8-16(12-21)10-20(9-15,14-21)19(24)25-13-17-4-3-7-23-6-2-1-5-18(17)23/h15-18H,1-14H2/p+1/t15-,16+,17-,18+,20?,21?/m1/s1. The first-order valence-corrected chi connectivity index (χ1v) is 11.1. The fourth-order valence-electron chi connectivity index (χ4n) is 7.70. The Morgan fingerprint density at radius 1 is 1.04 bits per heavy atom. The number of piperidine rings is 2. The zero-order valence-corrected chi connectivity index (χ0v) is 16.2. The number of quaternary nitrogens is 1. The summed E-state index contributed by atoms with van der Waals surface area (Å²) in [4.78, 5) is 14.8. The molecule has 0 spiro atoms. The van der Waals surface area contributed by atoms with Crippen LogP contribution in [0.3, 0.4) is 0 Å². The number of carbonyl (C=O) groups excluding carboxylic acids is 1. The average Bonchev–Trinajstić information content (AvgIpc) is 2.57. The van der Waals surface area contributed by atoms with Crippen LogP contribution in [0, 0.1) is 23.2 Å². The van der Waals surface area contributed by atoms with Crippen LogP contribution in [0.4, 0.5) is 0 Å². The molecule has 6 fully saturated rings. The first kappa shape index (κ1) is 16.9. The van der Waals surface area contributed by atoms with Crippen LogP contribution in [0.25, 0.3) is 0 Å². The van der Waals surface area contributed by atoms with Gasteiger partial charge in [0, 0.05) is 10.8 Å².